The highest BCUT2D eigenvalue weighted by Gasteiger charge is 2.22. The topological polar surface area (TPSA) is 95.1 Å². The summed E-state index contributed by atoms with van der Waals surface area (Å²) in [5.41, 5.74) is 0. The smallest absolute Gasteiger partial charge is 0.236 e. The number of amides is 1. The van der Waals surface area contributed by atoms with Crippen LogP contribution in [0.4, 0.5) is 10.2 Å². The summed E-state index contributed by atoms with van der Waals surface area (Å²) < 4.78 is 25.8. The highest BCUT2D eigenvalue weighted by atomic mass is 32.2. The van der Waals surface area contributed by atoms with Crippen molar-refractivity contribution in [3.05, 3.63) is 47.7 Å². The van der Waals surface area contributed by atoms with Crippen LogP contribution in [0.25, 0.3) is 0 Å². The standard InChI is InChI=1S/C19H22FN5O3S/c1-11(2)25-18(13(4)27-15-7-5-14(20)6-8-15)22-23-19(25)29-10-17(26)21-16-9-12(3)28-24-16/h5-9,11,13H,10H2,1-4H3,(H,21,24,26). The van der Waals surface area contributed by atoms with Crippen molar-refractivity contribution in [3.8, 4) is 5.75 Å². The summed E-state index contributed by atoms with van der Waals surface area (Å²) in [7, 11) is 0. The fourth-order valence-electron chi connectivity index (χ4n) is 2.65. The van der Waals surface area contributed by atoms with Crippen molar-refractivity contribution >= 4 is 23.5 Å². The van der Waals surface area contributed by atoms with Crippen molar-refractivity contribution in [2.45, 2.75) is 45.0 Å². The van der Waals surface area contributed by atoms with E-state index in [1.54, 1.807) is 25.1 Å². The molecule has 29 heavy (non-hydrogen) atoms. The van der Waals surface area contributed by atoms with Crippen molar-refractivity contribution in [2.75, 3.05) is 11.1 Å². The van der Waals surface area contributed by atoms with Crippen LogP contribution < -0.4 is 10.1 Å². The molecule has 0 fully saturated rings. The third kappa shape index (κ3) is 5.35. The number of thioether (sulfide) groups is 1. The molecule has 0 aliphatic rings. The minimum Gasteiger partial charge on any atom is -0.483 e. The molecule has 8 nitrogen and oxygen atoms in total. The summed E-state index contributed by atoms with van der Waals surface area (Å²) in [6.07, 6.45) is -0.406. The number of benzene rings is 1. The van der Waals surface area contributed by atoms with Gasteiger partial charge < -0.3 is 19.1 Å². The summed E-state index contributed by atoms with van der Waals surface area (Å²) in [6, 6.07) is 7.51. The van der Waals surface area contributed by atoms with E-state index in [0.717, 1.165) is 0 Å². The molecule has 1 atom stereocenters. The minimum absolute atomic E-state index is 0.0584. The average Bonchev–Trinajstić information content (AvgIpc) is 3.28. The van der Waals surface area contributed by atoms with Crippen molar-refractivity contribution in [1.82, 2.24) is 19.9 Å². The molecule has 2 heterocycles. The summed E-state index contributed by atoms with van der Waals surface area (Å²) in [5.74, 6) is 1.75. The van der Waals surface area contributed by atoms with Crippen LogP contribution in [0.5, 0.6) is 5.75 Å². The molecule has 0 aliphatic heterocycles. The number of nitrogens with one attached hydrogen (secondary N) is 1. The molecule has 0 spiro atoms. The number of carbonyl (C=O) groups is 1. The maximum Gasteiger partial charge on any atom is 0.236 e. The van der Waals surface area contributed by atoms with Crippen LogP contribution in [0.2, 0.25) is 0 Å². The number of carbonyl (C=O) groups excluding carboxylic acids is 1. The molecule has 0 saturated carbocycles. The second-order valence-electron chi connectivity index (χ2n) is 6.68. The Balaban J connectivity index is 1.67. The molecule has 1 aromatic carbocycles. The first-order chi connectivity index (χ1) is 13.8. The zero-order chi connectivity index (χ0) is 21.0. The van der Waals surface area contributed by atoms with Crippen molar-refractivity contribution in [3.63, 3.8) is 0 Å². The zero-order valence-electron chi connectivity index (χ0n) is 16.5. The van der Waals surface area contributed by atoms with E-state index in [4.69, 9.17) is 9.26 Å². The van der Waals surface area contributed by atoms with Crippen LogP contribution in [0, 0.1) is 12.7 Å². The van der Waals surface area contributed by atoms with E-state index in [-0.39, 0.29) is 23.5 Å². The Morgan fingerprint density at radius 2 is 2.00 bits per heavy atom. The molecule has 0 bridgehead atoms. The molecular weight excluding hydrogens is 397 g/mol. The maximum atomic E-state index is 13.1. The number of aromatic nitrogens is 4. The first-order valence-electron chi connectivity index (χ1n) is 9.06. The predicted molar refractivity (Wildman–Crippen MR) is 106 cm³/mol. The Morgan fingerprint density at radius 3 is 2.62 bits per heavy atom. The largest absolute Gasteiger partial charge is 0.483 e. The molecule has 1 amide bonds. The molecule has 1 unspecified atom stereocenters. The molecular formula is C19H22FN5O3S. The van der Waals surface area contributed by atoms with E-state index < -0.39 is 6.10 Å². The van der Waals surface area contributed by atoms with Crippen molar-refractivity contribution < 1.29 is 18.4 Å². The predicted octanol–water partition coefficient (Wildman–Crippen LogP) is 4.17. The minimum atomic E-state index is -0.406. The summed E-state index contributed by atoms with van der Waals surface area (Å²) in [6.45, 7) is 7.60. The summed E-state index contributed by atoms with van der Waals surface area (Å²) in [5, 5.41) is 15.5. The quantitative estimate of drug-likeness (QED) is 0.548. The highest BCUT2D eigenvalue weighted by Crippen LogP contribution is 2.27. The van der Waals surface area contributed by atoms with Crippen LogP contribution in [-0.2, 0) is 4.79 Å². The van der Waals surface area contributed by atoms with Gasteiger partial charge in [0.05, 0.1) is 5.75 Å². The van der Waals surface area contributed by atoms with E-state index >= 15 is 0 Å². The van der Waals surface area contributed by atoms with E-state index in [2.05, 4.69) is 20.7 Å². The molecule has 10 heteroatoms. The third-order valence-electron chi connectivity index (χ3n) is 3.93. The molecule has 154 valence electrons. The van der Waals surface area contributed by atoms with Gasteiger partial charge in [0.1, 0.15) is 17.3 Å². The number of hydrogen-bond donors (Lipinski definition) is 1. The zero-order valence-corrected chi connectivity index (χ0v) is 17.4. The van der Waals surface area contributed by atoms with Gasteiger partial charge in [0, 0.05) is 12.1 Å². The van der Waals surface area contributed by atoms with Gasteiger partial charge in [-0.25, -0.2) is 4.39 Å². The second-order valence-corrected chi connectivity index (χ2v) is 7.62. The summed E-state index contributed by atoms with van der Waals surface area (Å²) in [4.78, 5) is 12.2. The van der Waals surface area contributed by atoms with Gasteiger partial charge in [0.2, 0.25) is 5.91 Å². The first kappa shape index (κ1) is 20.8. The second kappa shape index (κ2) is 9.08. The van der Waals surface area contributed by atoms with Gasteiger partial charge >= 0.3 is 0 Å². The SMILES string of the molecule is Cc1cc(NC(=O)CSc2nnc(C(C)Oc3ccc(F)cc3)n2C(C)C)no1. The normalized spacial score (nSPS) is 12.2. The Bertz CT molecular complexity index is 971. The fourth-order valence-corrected chi connectivity index (χ4v) is 3.53. The Hall–Kier alpha value is -2.88. The lowest BCUT2D eigenvalue weighted by Gasteiger charge is -2.18. The molecule has 0 saturated heterocycles. The molecule has 0 radical (unpaired) electrons. The van der Waals surface area contributed by atoms with Gasteiger partial charge in [-0.05, 0) is 52.0 Å². The third-order valence-corrected chi connectivity index (χ3v) is 4.87. The molecule has 1 N–H and O–H groups in total. The van der Waals surface area contributed by atoms with Gasteiger partial charge in [0.25, 0.3) is 0 Å². The lowest BCUT2D eigenvalue weighted by molar-refractivity contribution is -0.113. The lowest BCUT2D eigenvalue weighted by Crippen LogP contribution is -2.16. The van der Waals surface area contributed by atoms with Gasteiger partial charge in [-0.3, -0.25) is 4.79 Å². The Labute approximate surface area is 171 Å². The van der Waals surface area contributed by atoms with Crippen molar-refractivity contribution in [2.24, 2.45) is 0 Å². The fraction of sp³-hybridized carbons (Fsp3) is 0.368. The number of ether oxygens (including phenoxy) is 1. The van der Waals surface area contributed by atoms with Crippen LogP contribution in [0.1, 0.15) is 44.5 Å². The number of hydrogen-bond acceptors (Lipinski definition) is 7. The number of nitrogens with zero attached hydrogens (tertiary/aromatic N) is 4. The van der Waals surface area contributed by atoms with E-state index in [9.17, 15) is 9.18 Å². The molecule has 3 aromatic rings. The van der Waals surface area contributed by atoms with Gasteiger partial charge in [-0.15, -0.1) is 10.2 Å². The Kier molecular flexibility index (Phi) is 6.53. The first-order valence-corrected chi connectivity index (χ1v) is 10.0. The number of rotatable bonds is 8. The molecule has 3 rings (SSSR count). The van der Waals surface area contributed by atoms with Crippen LogP contribution in [0.3, 0.4) is 0 Å². The van der Waals surface area contributed by atoms with Gasteiger partial charge in [-0.1, -0.05) is 16.9 Å². The van der Waals surface area contributed by atoms with Crippen LogP contribution in [0.15, 0.2) is 40.0 Å². The number of halogens is 1. The van der Waals surface area contributed by atoms with Gasteiger partial charge in [-0.2, -0.15) is 0 Å². The highest BCUT2D eigenvalue weighted by molar-refractivity contribution is 7.99. The van der Waals surface area contributed by atoms with Crippen LogP contribution in [-0.4, -0.2) is 31.6 Å². The maximum absolute atomic E-state index is 13.1. The molecule has 0 aliphatic carbocycles. The Morgan fingerprint density at radius 1 is 1.28 bits per heavy atom. The number of aryl methyl sites for hydroxylation is 1. The van der Waals surface area contributed by atoms with Crippen molar-refractivity contribution in [1.29, 1.82) is 0 Å². The average molecular weight is 419 g/mol. The van der Waals surface area contributed by atoms with Gasteiger partial charge in [0.15, 0.2) is 22.9 Å². The van der Waals surface area contributed by atoms with Crippen LogP contribution >= 0.6 is 11.8 Å². The van der Waals surface area contributed by atoms with E-state index in [0.29, 0.717) is 28.3 Å². The molecule has 2 aromatic heterocycles. The number of anilines is 1. The van der Waals surface area contributed by atoms with E-state index in [1.807, 2.05) is 25.3 Å². The lowest BCUT2D eigenvalue weighted by atomic mass is 10.3. The summed E-state index contributed by atoms with van der Waals surface area (Å²) >= 11 is 1.27. The monoisotopic (exact) mass is 419 g/mol. The van der Waals surface area contributed by atoms with E-state index in [1.165, 1.54) is 23.9 Å².